The Morgan fingerprint density at radius 2 is 1.71 bits per heavy atom. The molecule has 1 saturated heterocycles. The Labute approximate surface area is 207 Å². The molecule has 1 atom stereocenters. The number of piperazine rings is 1. The zero-order valence-electron chi connectivity index (χ0n) is 19.5. The number of fused-ring (bicyclic) bond motifs is 1. The van der Waals surface area contributed by atoms with Crippen LogP contribution >= 0.6 is 11.3 Å². The van der Waals surface area contributed by atoms with E-state index < -0.39 is 6.10 Å². The molecule has 8 nitrogen and oxygen atoms in total. The molecule has 5 rings (SSSR count). The summed E-state index contributed by atoms with van der Waals surface area (Å²) in [6.07, 6.45) is 0.125. The number of rotatable bonds is 7. The van der Waals surface area contributed by atoms with Gasteiger partial charge >= 0.3 is 0 Å². The van der Waals surface area contributed by atoms with Gasteiger partial charge in [-0.05, 0) is 18.6 Å². The van der Waals surface area contributed by atoms with Crippen LogP contribution in [0.15, 0.2) is 71.5 Å². The minimum atomic E-state index is -0.488. The first-order chi connectivity index (χ1) is 17.1. The second-order valence-electron chi connectivity index (χ2n) is 8.48. The van der Waals surface area contributed by atoms with Crippen LogP contribution in [0.25, 0.3) is 15.5 Å². The van der Waals surface area contributed by atoms with Crippen LogP contribution in [0.4, 0.5) is 0 Å². The van der Waals surface area contributed by atoms with Crippen molar-refractivity contribution in [2.75, 3.05) is 26.2 Å². The Morgan fingerprint density at radius 3 is 2.40 bits per heavy atom. The molecule has 2 aromatic carbocycles. The van der Waals surface area contributed by atoms with Gasteiger partial charge in [-0.15, -0.1) is 0 Å². The molecule has 9 heteroatoms. The topological polar surface area (TPSA) is 80.0 Å². The number of amides is 1. The molecular weight excluding hydrogens is 462 g/mol. The van der Waals surface area contributed by atoms with Crippen LogP contribution < -0.4 is 10.3 Å². The molecule has 0 N–H and O–H groups in total. The first-order valence-corrected chi connectivity index (χ1v) is 12.6. The molecule has 0 radical (unpaired) electrons. The lowest BCUT2D eigenvalue weighted by Crippen LogP contribution is -2.52. The number of benzene rings is 2. The van der Waals surface area contributed by atoms with Crippen molar-refractivity contribution in [1.82, 2.24) is 24.4 Å². The van der Waals surface area contributed by atoms with Crippen LogP contribution in [-0.2, 0) is 11.3 Å². The van der Waals surface area contributed by atoms with Gasteiger partial charge in [0.1, 0.15) is 10.8 Å². The number of ether oxygens (including phenoxy) is 1. The third-order valence-electron chi connectivity index (χ3n) is 6.06. The van der Waals surface area contributed by atoms with Gasteiger partial charge in [-0.2, -0.15) is 9.61 Å². The zero-order chi connectivity index (χ0) is 24.2. The van der Waals surface area contributed by atoms with Crippen molar-refractivity contribution in [3.63, 3.8) is 0 Å². The number of aromatic nitrogens is 3. The number of hydrogen-bond acceptors (Lipinski definition) is 7. The van der Waals surface area contributed by atoms with Crippen LogP contribution in [0.5, 0.6) is 5.75 Å². The third-order valence-corrected chi connectivity index (χ3v) is 7.01. The number of carbonyl (C=O) groups is 1. The second kappa shape index (κ2) is 10.4. The molecule has 35 heavy (non-hydrogen) atoms. The number of para-hydroxylation sites is 1. The molecule has 1 fully saturated rings. The quantitative estimate of drug-likeness (QED) is 0.396. The minimum Gasteiger partial charge on any atom is -0.481 e. The van der Waals surface area contributed by atoms with Gasteiger partial charge in [0.15, 0.2) is 6.10 Å². The first kappa shape index (κ1) is 23.2. The Balaban J connectivity index is 1.22. The van der Waals surface area contributed by atoms with Crippen molar-refractivity contribution in [3.8, 4) is 16.3 Å². The molecule has 180 valence electrons. The van der Waals surface area contributed by atoms with Crippen LogP contribution in [0.3, 0.4) is 0 Å². The summed E-state index contributed by atoms with van der Waals surface area (Å²) in [6, 6.07) is 20.8. The minimum absolute atomic E-state index is 0.0203. The molecule has 1 aliphatic heterocycles. The highest BCUT2D eigenvalue weighted by atomic mass is 32.1. The number of hydrogen-bond donors (Lipinski definition) is 0. The lowest BCUT2D eigenvalue weighted by Gasteiger charge is -2.36. The Kier molecular flexibility index (Phi) is 6.87. The smallest absolute Gasteiger partial charge is 0.275 e. The fourth-order valence-corrected chi connectivity index (χ4v) is 5.09. The van der Waals surface area contributed by atoms with Crippen molar-refractivity contribution >= 4 is 22.2 Å². The molecule has 0 unspecified atom stereocenters. The predicted octanol–water partition coefficient (Wildman–Crippen LogP) is 3.32. The van der Waals surface area contributed by atoms with E-state index in [-0.39, 0.29) is 11.5 Å². The maximum Gasteiger partial charge on any atom is 0.275 e. The molecule has 1 aliphatic rings. The predicted molar refractivity (Wildman–Crippen MR) is 136 cm³/mol. The highest BCUT2D eigenvalue weighted by molar-refractivity contribution is 7.19. The van der Waals surface area contributed by atoms with Gasteiger partial charge < -0.3 is 9.64 Å². The first-order valence-electron chi connectivity index (χ1n) is 11.8. The Hall–Kier alpha value is -3.56. The van der Waals surface area contributed by atoms with Crippen molar-refractivity contribution in [2.45, 2.75) is 26.0 Å². The monoisotopic (exact) mass is 489 g/mol. The fourth-order valence-electron chi connectivity index (χ4n) is 4.17. The molecule has 0 spiro atoms. The zero-order valence-corrected chi connectivity index (χ0v) is 20.4. The standard InChI is InChI=1S/C26H27N5O3S/c1-2-22(34-21-11-7-4-8-12-21)25(33)30-15-13-29(14-16-30)18-20-17-23(32)31-26(27-20)35-24(28-31)19-9-5-3-6-10-19/h3-12,17,22H,2,13-16,18H2,1H3/t22-/m1/s1. The summed E-state index contributed by atoms with van der Waals surface area (Å²) >= 11 is 1.41. The average Bonchev–Trinajstić information content (AvgIpc) is 3.33. The van der Waals surface area contributed by atoms with E-state index in [1.807, 2.05) is 72.5 Å². The molecule has 4 aromatic rings. The lowest BCUT2D eigenvalue weighted by atomic mass is 10.2. The van der Waals surface area contributed by atoms with Gasteiger partial charge in [0, 0.05) is 44.4 Å². The maximum atomic E-state index is 13.0. The summed E-state index contributed by atoms with van der Waals surface area (Å²) in [7, 11) is 0. The van der Waals surface area contributed by atoms with Crippen molar-refractivity contribution in [3.05, 3.63) is 82.8 Å². The van der Waals surface area contributed by atoms with Gasteiger partial charge in [0.2, 0.25) is 4.96 Å². The Morgan fingerprint density at radius 1 is 1.03 bits per heavy atom. The molecule has 1 amide bonds. The summed E-state index contributed by atoms with van der Waals surface area (Å²) < 4.78 is 7.30. The molecule has 2 aromatic heterocycles. The van der Waals surface area contributed by atoms with Gasteiger partial charge in [-0.3, -0.25) is 14.5 Å². The van der Waals surface area contributed by atoms with Gasteiger partial charge in [0.05, 0.1) is 5.69 Å². The van der Waals surface area contributed by atoms with E-state index in [1.54, 1.807) is 6.07 Å². The normalized spacial score (nSPS) is 15.3. The highest BCUT2D eigenvalue weighted by Gasteiger charge is 2.28. The van der Waals surface area contributed by atoms with E-state index in [2.05, 4.69) is 10.00 Å². The lowest BCUT2D eigenvalue weighted by molar-refractivity contribution is -0.140. The van der Waals surface area contributed by atoms with Crippen molar-refractivity contribution < 1.29 is 9.53 Å². The summed E-state index contributed by atoms with van der Waals surface area (Å²) in [5.74, 6) is 0.726. The number of nitrogens with zero attached hydrogens (tertiary/aromatic N) is 5. The van der Waals surface area contributed by atoms with Gasteiger partial charge in [-0.1, -0.05) is 66.8 Å². The van der Waals surface area contributed by atoms with Crippen molar-refractivity contribution in [1.29, 1.82) is 0 Å². The second-order valence-corrected chi connectivity index (χ2v) is 9.44. The van der Waals surface area contributed by atoms with Crippen LogP contribution in [0, 0.1) is 0 Å². The summed E-state index contributed by atoms with van der Waals surface area (Å²) in [5, 5.41) is 5.21. The number of carbonyl (C=O) groups excluding carboxylic acids is 1. The van der Waals surface area contributed by atoms with Crippen LogP contribution in [-0.4, -0.2) is 62.6 Å². The van der Waals surface area contributed by atoms with Gasteiger partial charge in [0.25, 0.3) is 11.5 Å². The van der Waals surface area contributed by atoms with E-state index in [0.717, 1.165) is 16.3 Å². The average molecular weight is 490 g/mol. The molecule has 0 saturated carbocycles. The largest absolute Gasteiger partial charge is 0.481 e. The molecular formula is C26H27N5O3S. The highest BCUT2D eigenvalue weighted by Crippen LogP contribution is 2.24. The van der Waals surface area contributed by atoms with Crippen molar-refractivity contribution in [2.24, 2.45) is 0 Å². The third kappa shape index (κ3) is 5.26. The molecule has 0 aliphatic carbocycles. The SMILES string of the molecule is CC[C@@H](Oc1ccccc1)C(=O)N1CCN(Cc2cc(=O)n3nc(-c4ccccc4)sc3n2)CC1. The van der Waals surface area contributed by atoms with E-state index in [4.69, 9.17) is 9.72 Å². The molecule has 3 heterocycles. The van der Waals surface area contributed by atoms with E-state index >= 15 is 0 Å². The van der Waals surface area contributed by atoms with E-state index in [1.165, 1.54) is 15.9 Å². The van der Waals surface area contributed by atoms with E-state index in [0.29, 0.717) is 49.9 Å². The summed E-state index contributed by atoms with van der Waals surface area (Å²) in [4.78, 5) is 35.1. The molecule has 0 bridgehead atoms. The van der Waals surface area contributed by atoms with E-state index in [9.17, 15) is 9.59 Å². The summed E-state index contributed by atoms with van der Waals surface area (Å²) in [6.45, 7) is 5.19. The Bertz CT molecular complexity index is 1350. The maximum absolute atomic E-state index is 13.0. The van der Waals surface area contributed by atoms with Crippen LogP contribution in [0.1, 0.15) is 19.0 Å². The van der Waals surface area contributed by atoms with Crippen LogP contribution in [0.2, 0.25) is 0 Å². The fraction of sp³-hybridized carbons (Fsp3) is 0.308. The summed E-state index contributed by atoms with van der Waals surface area (Å²) in [5.41, 5.74) is 1.50. The van der Waals surface area contributed by atoms with Gasteiger partial charge in [-0.25, -0.2) is 4.98 Å².